The molecule has 0 atom stereocenters. The number of amidine groups is 1. The van der Waals surface area contributed by atoms with Gasteiger partial charge in [-0.2, -0.15) is 0 Å². The molecule has 0 bridgehead atoms. The minimum Gasteiger partial charge on any atom is -0.379 e. The van der Waals surface area contributed by atoms with E-state index < -0.39 is 32.8 Å². The fourth-order valence-corrected chi connectivity index (χ4v) is 1.66. The Morgan fingerprint density at radius 1 is 1.17 bits per heavy atom. The number of aromatic nitrogens is 1. The molecule has 0 fully saturated rings. The minimum absolute atomic E-state index is 0.214. The first kappa shape index (κ1) is 16.5. The molecule has 0 saturated heterocycles. The van der Waals surface area contributed by atoms with E-state index in [2.05, 4.69) is 15.0 Å². The smallest absolute Gasteiger partial charge is 0.372 e. The van der Waals surface area contributed by atoms with Crippen LogP contribution in [0.15, 0.2) is 47.8 Å². The van der Waals surface area contributed by atoms with Gasteiger partial charge < -0.3 is 10.6 Å². The van der Waals surface area contributed by atoms with Gasteiger partial charge in [0.25, 0.3) is 11.4 Å². The Morgan fingerprint density at radius 3 is 2.50 bits per heavy atom. The summed E-state index contributed by atoms with van der Waals surface area (Å²) in [5.74, 6) is -1.40. The van der Waals surface area contributed by atoms with Crippen LogP contribution in [0.2, 0.25) is 0 Å². The second-order valence-corrected chi connectivity index (χ2v) is 4.29. The fraction of sp³-hybridized carbons (Fsp3) is 0. The van der Waals surface area contributed by atoms with E-state index in [-0.39, 0.29) is 11.5 Å². The molecule has 24 heavy (non-hydrogen) atoms. The van der Waals surface area contributed by atoms with Crippen LogP contribution in [-0.2, 0) is 4.84 Å². The number of carbonyl (C=O) groups is 1. The van der Waals surface area contributed by atoms with Crippen molar-refractivity contribution in [2.45, 2.75) is 0 Å². The number of nitro benzene ring substituents is 2. The molecule has 0 amide bonds. The quantitative estimate of drug-likeness (QED) is 0.282. The number of nitro groups is 2. The van der Waals surface area contributed by atoms with Crippen molar-refractivity contribution in [2.24, 2.45) is 10.9 Å². The monoisotopic (exact) mass is 331 g/mol. The lowest BCUT2D eigenvalue weighted by molar-refractivity contribution is -0.394. The number of pyridine rings is 1. The van der Waals surface area contributed by atoms with Crippen molar-refractivity contribution in [1.82, 2.24) is 4.98 Å². The predicted octanol–water partition coefficient (Wildman–Crippen LogP) is 1.38. The highest BCUT2D eigenvalue weighted by Crippen LogP contribution is 2.25. The molecule has 1 aromatic heterocycles. The zero-order chi connectivity index (χ0) is 17.7. The molecule has 2 rings (SSSR count). The van der Waals surface area contributed by atoms with Crippen molar-refractivity contribution in [3.8, 4) is 0 Å². The van der Waals surface area contributed by atoms with Crippen molar-refractivity contribution in [3.05, 3.63) is 74.1 Å². The van der Waals surface area contributed by atoms with Gasteiger partial charge in [0.1, 0.15) is 11.3 Å². The molecular weight excluding hydrogens is 322 g/mol. The van der Waals surface area contributed by atoms with Crippen molar-refractivity contribution in [3.63, 3.8) is 0 Å². The van der Waals surface area contributed by atoms with Crippen LogP contribution in [0.25, 0.3) is 0 Å². The third-order valence-corrected chi connectivity index (χ3v) is 2.76. The number of benzene rings is 1. The maximum Gasteiger partial charge on any atom is 0.372 e. The minimum atomic E-state index is -1.18. The van der Waals surface area contributed by atoms with Crippen LogP contribution in [-0.4, -0.2) is 26.6 Å². The molecule has 0 radical (unpaired) electrons. The average molecular weight is 331 g/mol. The van der Waals surface area contributed by atoms with Gasteiger partial charge in [-0.15, -0.1) is 0 Å². The van der Waals surface area contributed by atoms with Gasteiger partial charge in [0.2, 0.25) is 0 Å². The maximum absolute atomic E-state index is 11.9. The molecule has 11 nitrogen and oxygen atoms in total. The number of carbonyl (C=O) groups excluding carboxylic acids is 1. The lowest BCUT2D eigenvalue weighted by Gasteiger charge is -2.02. The second kappa shape index (κ2) is 6.91. The summed E-state index contributed by atoms with van der Waals surface area (Å²) < 4.78 is 0. The number of non-ortho nitro benzene ring substituents is 1. The number of nitrogens with two attached hydrogens (primary N) is 1. The predicted molar refractivity (Wildman–Crippen MR) is 80.1 cm³/mol. The van der Waals surface area contributed by atoms with E-state index in [1.165, 1.54) is 12.3 Å². The van der Waals surface area contributed by atoms with E-state index in [0.29, 0.717) is 6.07 Å². The van der Waals surface area contributed by atoms with Gasteiger partial charge >= 0.3 is 5.97 Å². The van der Waals surface area contributed by atoms with Crippen molar-refractivity contribution < 1.29 is 19.5 Å². The van der Waals surface area contributed by atoms with E-state index >= 15 is 0 Å². The average Bonchev–Trinajstić information content (AvgIpc) is 2.59. The van der Waals surface area contributed by atoms with Gasteiger partial charge in [-0.3, -0.25) is 25.2 Å². The summed E-state index contributed by atoms with van der Waals surface area (Å²) >= 11 is 0. The summed E-state index contributed by atoms with van der Waals surface area (Å²) in [5.41, 5.74) is 4.00. The van der Waals surface area contributed by atoms with Crippen LogP contribution in [0.4, 0.5) is 11.4 Å². The van der Waals surface area contributed by atoms with Crippen LogP contribution in [0.5, 0.6) is 0 Å². The van der Waals surface area contributed by atoms with Crippen LogP contribution in [0, 0.1) is 20.2 Å². The third kappa shape index (κ3) is 3.65. The lowest BCUT2D eigenvalue weighted by Crippen LogP contribution is -2.17. The molecule has 11 heteroatoms. The first-order chi connectivity index (χ1) is 11.4. The van der Waals surface area contributed by atoms with Crippen LogP contribution in [0.3, 0.4) is 0 Å². The van der Waals surface area contributed by atoms with E-state index in [4.69, 9.17) is 5.73 Å². The second-order valence-electron chi connectivity index (χ2n) is 4.29. The zero-order valence-electron chi connectivity index (χ0n) is 11.9. The molecule has 0 aliphatic heterocycles. The molecule has 2 N–H and O–H groups in total. The number of oxime groups is 1. The summed E-state index contributed by atoms with van der Waals surface area (Å²) in [7, 11) is 0. The maximum atomic E-state index is 11.9. The number of nitrogens with zero attached hydrogens (tertiary/aromatic N) is 4. The largest absolute Gasteiger partial charge is 0.379 e. The molecule has 1 aromatic carbocycles. The van der Waals surface area contributed by atoms with Gasteiger partial charge in [-0.05, 0) is 18.2 Å². The molecule has 0 saturated carbocycles. The molecule has 0 spiro atoms. The van der Waals surface area contributed by atoms with Crippen molar-refractivity contribution >= 4 is 23.2 Å². The lowest BCUT2D eigenvalue weighted by atomic mass is 10.1. The van der Waals surface area contributed by atoms with Gasteiger partial charge in [-0.1, -0.05) is 11.2 Å². The normalized spacial score (nSPS) is 10.9. The first-order valence-electron chi connectivity index (χ1n) is 6.29. The van der Waals surface area contributed by atoms with Crippen molar-refractivity contribution in [2.75, 3.05) is 0 Å². The van der Waals surface area contributed by atoms with Gasteiger partial charge in [0, 0.05) is 12.3 Å². The highest BCUT2D eigenvalue weighted by atomic mass is 16.7. The highest BCUT2D eigenvalue weighted by molar-refractivity contribution is 5.97. The van der Waals surface area contributed by atoms with Crippen LogP contribution in [0.1, 0.15) is 16.1 Å². The number of rotatable bonds is 5. The fourth-order valence-electron chi connectivity index (χ4n) is 1.66. The Morgan fingerprint density at radius 2 is 1.92 bits per heavy atom. The Balaban J connectivity index is 2.27. The highest BCUT2D eigenvalue weighted by Gasteiger charge is 2.25. The Kier molecular flexibility index (Phi) is 4.75. The summed E-state index contributed by atoms with van der Waals surface area (Å²) in [5, 5.41) is 25.0. The molecule has 0 aliphatic rings. The molecule has 0 unspecified atom stereocenters. The van der Waals surface area contributed by atoms with Gasteiger partial charge in [-0.25, -0.2) is 4.79 Å². The van der Waals surface area contributed by atoms with E-state index in [1.807, 2.05) is 0 Å². The molecule has 1 heterocycles. The summed E-state index contributed by atoms with van der Waals surface area (Å²) in [6.45, 7) is 0. The standard InChI is InChI=1S/C13H9N5O6/c14-12(10-3-1-2-6-15-10)16-24-13(19)9-5-4-8(17(20)21)7-11(9)18(22)23/h1-7H,(H2,14,16). The summed E-state index contributed by atoms with van der Waals surface area (Å²) in [4.78, 5) is 40.2. The number of hydrogen-bond donors (Lipinski definition) is 1. The molecule has 122 valence electrons. The Bertz CT molecular complexity index is 836. The summed E-state index contributed by atoms with van der Waals surface area (Å²) in [6.07, 6.45) is 1.45. The third-order valence-electron chi connectivity index (χ3n) is 2.76. The van der Waals surface area contributed by atoms with E-state index in [1.54, 1.807) is 12.1 Å². The first-order valence-corrected chi connectivity index (χ1v) is 6.29. The molecular formula is C13H9N5O6. The topological polar surface area (TPSA) is 164 Å². The van der Waals surface area contributed by atoms with E-state index in [0.717, 1.165) is 12.1 Å². The SMILES string of the molecule is N/C(=N\OC(=O)c1ccc([N+](=O)[O-])cc1[N+](=O)[O-])c1ccccn1. The summed E-state index contributed by atoms with van der Waals surface area (Å²) in [6, 6.07) is 7.29. The van der Waals surface area contributed by atoms with Crippen LogP contribution < -0.4 is 5.73 Å². The van der Waals surface area contributed by atoms with Gasteiger partial charge in [0.05, 0.1) is 15.9 Å². The van der Waals surface area contributed by atoms with Crippen LogP contribution >= 0.6 is 0 Å². The molecule has 2 aromatic rings. The number of hydrogen-bond acceptors (Lipinski definition) is 8. The zero-order valence-corrected chi connectivity index (χ0v) is 11.9. The van der Waals surface area contributed by atoms with Gasteiger partial charge in [0.15, 0.2) is 5.84 Å². The Labute approximate surface area is 133 Å². The van der Waals surface area contributed by atoms with Crippen molar-refractivity contribution in [1.29, 1.82) is 0 Å². The van der Waals surface area contributed by atoms with E-state index in [9.17, 15) is 25.0 Å². The molecule has 0 aliphatic carbocycles. The Hall–Kier alpha value is -3.89.